The fraction of sp³-hybridized carbons (Fsp3) is 0.100. The molecule has 0 fully saturated rings. The van der Waals surface area contributed by atoms with Crippen molar-refractivity contribution in [2.24, 2.45) is 0 Å². The first-order valence-corrected chi connectivity index (χ1v) is 9.51. The van der Waals surface area contributed by atoms with Gasteiger partial charge in [-0.2, -0.15) is 0 Å². The number of methoxy groups -OCH3 is 2. The second kappa shape index (κ2) is 7.53. The molecule has 0 saturated carbocycles. The first-order chi connectivity index (χ1) is 13.6. The Morgan fingerprint density at radius 3 is 2.75 bits per heavy atom. The normalized spacial score (nSPS) is 10.8. The maximum absolute atomic E-state index is 12.4. The molecular formula is C20H15ClN2O4S. The highest BCUT2D eigenvalue weighted by Gasteiger charge is 2.13. The zero-order valence-corrected chi connectivity index (χ0v) is 16.6. The van der Waals surface area contributed by atoms with E-state index in [1.165, 1.54) is 11.3 Å². The Bertz CT molecular complexity index is 1220. The van der Waals surface area contributed by atoms with Crippen LogP contribution in [0, 0.1) is 0 Å². The number of thiazole rings is 1. The van der Waals surface area contributed by atoms with E-state index in [-0.39, 0.29) is 0 Å². The van der Waals surface area contributed by atoms with E-state index in [2.05, 4.69) is 10.3 Å². The van der Waals surface area contributed by atoms with E-state index >= 15 is 0 Å². The molecule has 0 atom stereocenters. The van der Waals surface area contributed by atoms with E-state index in [0.29, 0.717) is 44.2 Å². The highest BCUT2D eigenvalue weighted by atomic mass is 35.5. The molecule has 4 rings (SSSR count). The molecule has 0 unspecified atom stereocenters. The summed E-state index contributed by atoms with van der Waals surface area (Å²) in [6.07, 6.45) is 0. The lowest BCUT2D eigenvalue weighted by Gasteiger charge is -2.10. The molecule has 0 aliphatic heterocycles. The van der Waals surface area contributed by atoms with Gasteiger partial charge in [0.25, 0.3) is 0 Å². The van der Waals surface area contributed by atoms with Gasteiger partial charge in [0, 0.05) is 21.9 Å². The van der Waals surface area contributed by atoms with Crippen LogP contribution < -0.4 is 20.4 Å². The van der Waals surface area contributed by atoms with Crippen LogP contribution >= 0.6 is 22.9 Å². The van der Waals surface area contributed by atoms with Crippen LogP contribution in [0.4, 0.5) is 10.8 Å². The van der Waals surface area contributed by atoms with Crippen molar-refractivity contribution in [1.82, 2.24) is 4.98 Å². The second-order valence-corrected chi connectivity index (χ2v) is 7.15. The zero-order valence-electron chi connectivity index (χ0n) is 15.0. The number of ether oxygens (including phenoxy) is 2. The van der Waals surface area contributed by atoms with Gasteiger partial charge in [-0.15, -0.1) is 11.3 Å². The Labute approximate surface area is 169 Å². The lowest BCUT2D eigenvalue weighted by atomic mass is 10.1. The molecule has 2 aromatic heterocycles. The molecule has 2 aromatic carbocycles. The number of rotatable bonds is 5. The Kier molecular flexibility index (Phi) is 4.93. The summed E-state index contributed by atoms with van der Waals surface area (Å²) in [6.45, 7) is 0. The van der Waals surface area contributed by atoms with Crippen molar-refractivity contribution >= 4 is 44.7 Å². The monoisotopic (exact) mass is 414 g/mol. The summed E-state index contributed by atoms with van der Waals surface area (Å²) in [6, 6.07) is 12.3. The first kappa shape index (κ1) is 18.3. The van der Waals surface area contributed by atoms with Gasteiger partial charge < -0.3 is 19.2 Å². The minimum absolute atomic E-state index is 0.372. The predicted octanol–water partition coefficient (Wildman–Crippen LogP) is 5.33. The molecular weight excluding hydrogens is 400 g/mol. The van der Waals surface area contributed by atoms with Gasteiger partial charge in [-0.1, -0.05) is 11.6 Å². The number of nitrogens with one attached hydrogen (secondary N) is 1. The largest absolute Gasteiger partial charge is 0.497 e. The minimum Gasteiger partial charge on any atom is -0.497 e. The van der Waals surface area contributed by atoms with Gasteiger partial charge in [-0.05, 0) is 36.4 Å². The Balaban J connectivity index is 1.70. The Morgan fingerprint density at radius 1 is 1.11 bits per heavy atom. The van der Waals surface area contributed by atoms with Crippen LogP contribution in [0.1, 0.15) is 0 Å². The standard InChI is InChI=1S/C20H15ClN2O4S/c1-25-13-4-6-18(26-2)15(9-13)22-20-23-16(10-28-20)14-8-11-7-12(21)3-5-17(11)27-19(14)24/h3-10H,1-2H3,(H,22,23). The lowest BCUT2D eigenvalue weighted by Crippen LogP contribution is -2.03. The van der Waals surface area contributed by atoms with Crippen molar-refractivity contribution in [2.75, 3.05) is 19.5 Å². The number of halogens is 1. The molecule has 0 aliphatic carbocycles. The topological polar surface area (TPSA) is 73.6 Å². The molecule has 4 aromatic rings. The first-order valence-electron chi connectivity index (χ1n) is 8.26. The van der Waals surface area contributed by atoms with Crippen LogP contribution in [-0.4, -0.2) is 19.2 Å². The minimum atomic E-state index is -0.453. The lowest BCUT2D eigenvalue weighted by molar-refractivity contribution is 0.405. The molecule has 0 radical (unpaired) electrons. The van der Waals surface area contributed by atoms with E-state index < -0.39 is 5.63 Å². The van der Waals surface area contributed by atoms with E-state index in [9.17, 15) is 4.79 Å². The summed E-state index contributed by atoms with van der Waals surface area (Å²) in [4.78, 5) is 16.9. The van der Waals surface area contributed by atoms with Gasteiger partial charge in [0.2, 0.25) is 0 Å². The molecule has 28 heavy (non-hydrogen) atoms. The average Bonchev–Trinajstić information content (AvgIpc) is 3.16. The van der Waals surface area contributed by atoms with Crippen LogP contribution in [0.15, 0.2) is 57.1 Å². The molecule has 142 valence electrons. The van der Waals surface area contributed by atoms with E-state index in [1.54, 1.807) is 49.9 Å². The van der Waals surface area contributed by atoms with Gasteiger partial charge in [0.05, 0.1) is 31.2 Å². The van der Waals surface area contributed by atoms with Crippen molar-refractivity contribution in [3.05, 3.63) is 63.3 Å². The molecule has 0 saturated heterocycles. The molecule has 0 aliphatic rings. The number of fused-ring (bicyclic) bond motifs is 1. The second-order valence-electron chi connectivity index (χ2n) is 5.86. The summed E-state index contributed by atoms with van der Waals surface area (Å²) in [7, 11) is 3.18. The van der Waals surface area contributed by atoms with Gasteiger partial charge in [0.1, 0.15) is 17.1 Å². The number of hydrogen-bond donors (Lipinski definition) is 1. The van der Waals surface area contributed by atoms with Crippen LogP contribution in [0.2, 0.25) is 5.02 Å². The van der Waals surface area contributed by atoms with Crippen molar-refractivity contribution in [1.29, 1.82) is 0 Å². The van der Waals surface area contributed by atoms with Crippen molar-refractivity contribution in [2.45, 2.75) is 0 Å². The maximum Gasteiger partial charge on any atom is 0.345 e. The average molecular weight is 415 g/mol. The van der Waals surface area contributed by atoms with Gasteiger partial charge >= 0.3 is 5.63 Å². The third-order valence-corrected chi connectivity index (χ3v) is 5.12. The van der Waals surface area contributed by atoms with Gasteiger partial charge in [-0.3, -0.25) is 0 Å². The molecule has 0 spiro atoms. The number of anilines is 2. The molecule has 8 heteroatoms. The Hall–Kier alpha value is -3.03. The Morgan fingerprint density at radius 2 is 1.96 bits per heavy atom. The van der Waals surface area contributed by atoms with Crippen LogP contribution in [0.5, 0.6) is 11.5 Å². The maximum atomic E-state index is 12.4. The fourth-order valence-electron chi connectivity index (χ4n) is 2.75. The van der Waals surface area contributed by atoms with E-state index in [4.69, 9.17) is 25.5 Å². The molecule has 0 bridgehead atoms. The molecule has 2 heterocycles. The van der Waals surface area contributed by atoms with E-state index in [0.717, 1.165) is 5.39 Å². The van der Waals surface area contributed by atoms with Gasteiger partial charge in [-0.25, -0.2) is 9.78 Å². The third-order valence-electron chi connectivity index (χ3n) is 4.12. The molecule has 6 nitrogen and oxygen atoms in total. The number of benzene rings is 2. The summed E-state index contributed by atoms with van der Waals surface area (Å²) in [5, 5.41) is 6.90. The third kappa shape index (κ3) is 3.54. The van der Waals surface area contributed by atoms with Crippen molar-refractivity contribution < 1.29 is 13.9 Å². The highest BCUT2D eigenvalue weighted by molar-refractivity contribution is 7.14. The summed E-state index contributed by atoms with van der Waals surface area (Å²) in [5.41, 5.74) is 1.63. The zero-order chi connectivity index (χ0) is 19.7. The van der Waals surface area contributed by atoms with E-state index in [1.807, 2.05) is 12.1 Å². The quantitative estimate of drug-likeness (QED) is 0.445. The number of nitrogens with zero attached hydrogens (tertiary/aromatic N) is 1. The summed E-state index contributed by atoms with van der Waals surface area (Å²) >= 11 is 7.40. The number of aromatic nitrogens is 1. The van der Waals surface area contributed by atoms with Crippen molar-refractivity contribution in [3.8, 4) is 22.8 Å². The number of hydrogen-bond acceptors (Lipinski definition) is 7. The van der Waals surface area contributed by atoms with Crippen LogP contribution in [0.3, 0.4) is 0 Å². The highest BCUT2D eigenvalue weighted by Crippen LogP contribution is 2.34. The molecule has 1 N–H and O–H groups in total. The smallest absolute Gasteiger partial charge is 0.345 e. The van der Waals surface area contributed by atoms with Crippen molar-refractivity contribution in [3.63, 3.8) is 0 Å². The fourth-order valence-corrected chi connectivity index (χ4v) is 3.66. The summed E-state index contributed by atoms with van der Waals surface area (Å²) in [5.74, 6) is 1.34. The van der Waals surface area contributed by atoms with Gasteiger partial charge in [0.15, 0.2) is 5.13 Å². The summed E-state index contributed by atoms with van der Waals surface area (Å²) < 4.78 is 16.0. The van der Waals surface area contributed by atoms with Crippen LogP contribution in [-0.2, 0) is 0 Å². The predicted molar refractivity (Wildman–Crippen MR) is 111 cm³/mol. The van der Waals surface area contributed by atoms with Crippen LogP contribution in [0.25, 0.3) is 22.2 Å². The SMILES string of the molecule is COc1ccc(OC)c(Nc2nc(-c3cc4cc(Cl)ccc4oc3=O)cs2)c1. The molecule has 0 amide bonds.